The van der Waals surface area contributed by atoms with Crippen LogP contribution in [0.15, 0.2) is 204 Å². The van der Waals surface area contributed by atoms with E-state index in [1.165, 1.54) is 34.4 Å². The number of rotatable bonds is 16. The molecule has 0 bridgehead atoms. The second-order valence-electron chi connectivity index (χ2n) is 15.8. The second-order valence-corrected chi connectivity index (χ2v) is 17.7. The first kappa shape index (κ1) is 42.2. The Morgan fingerprint density at radius 2 is 0.698 bits per heavy atom. The molecule has 0 atom stereocenters. The fourth-order valence-corrected chi connectivity index (χ4v) is 8.35. The van der Waals surface area contributed by atoms with E-state index in [4.69, 9.17) is 30.4 Å². The van der Waals surface area contributed by atoms with Gasteiger partial charge in [0.15, 0.2) is 0 Å². The van der Waals surface area contributed by atoms with Crippen LogP contribution in [0.25, 0.3) is 0 Å². The van der Waals surface area contributed by atoms with Gasteiger partial charge in [-0.2, -0.15) is 0 Å². The highest BCUT2D eigenvalue weighted by Crippen LogP contribution is 2.34. The van der Waals surface area contributed by atoms with Crippen molar-refractivity contribution in [1.29, 1.82) is 0 Å². The number of nitrogen functional groups attached to an aromatic ring is 2. The fraction of sp³-hybridized carbons (Fsp3) is 0.111. The van der Waals surface area contributed by atoms with E-state index in [0.29, 0.717) is 41.0 Å². The summed E-state index contributed by atoms with van der Waals surface area (Å²) >= 11 is 0. The van der Waals surface area contributed by atoms with Crippen molar-refractivity contribution in [1.82, 2.24) is 0 Å². The molecule has 316 valence electrons. The molecule has 4 N–H and O–H groups in total. The summed E-state index contributed by atoms with van der Waals surface area (Å²) in [5.74, 6) is 4.69. The summed E-state index contributed by atoms with van der Waals surface area (Å²) in [5.41, 5.74) is 18.5. The van der Waals surface area contributed by atoms with Crippen LogP contribution in [-0.2, 0) is 28.1 Å². The minimum absolute atomic E-state index is 0.165. The van der Waals surface area contributed by atoms with E-state index in [-0.39, 0.29) is 15.2 Å². The molecule has 0 aromatic heterocycles. The van der Waals surface area contributed by atoms with Crippen LogP contribution < -0.4 is 30.4 Å². The first-order valence-electron chi connectivity index (χ1n) is 20.7. The smallest absolute Gasteiger partial charge is 0.206 e. The van der Waals surface area contributed by atoms with Crippen molar-refractivity contribution in [2.24, 2.45) is 0 Å². The molecule has 0 radical (unpaired) electrons. The van der Waals surface area contributed by atoms with Crippen molar-refractivity contribution in [3.63, 3.8) is 0 Å². The highest BCUT2D eigenvalue weighted by atomic mass is 32.2. The Labute approximate surface area is 369 Å². The van der Waals surface area contributed by atoms with Crippen molar-refractivity contribution in [2.45, 2.75) is 41.9 Å². The lowest BCUT2D eigenvalue weighted by molar-refractivity contribution is 0.322. The molecule has 63 heavy (non-hydrogen) atoms. The van der Waals surface area contributed by atoms with Crippen LogP contribution in [0.2, 0.25) is 0 Å². The van der Waals surface area contributed by atoms with Crippen LogP contribution in [0, 0.1) is 0 Å². The second kappa shape index (κ2) is 18.6. The van der Waals surface area contributed by atoms with E-state index >= 15 is 0 Å². The van der Waals surface area contributed by atoms with Gasteiger partial charge in [0, 0.05) is 23.2 Å². The topological polar surface area (TPSA) is 123 Å². The number of anilines is 2. The van der Waals surface area contributed by atoms with Crippen LogP contribution in [0.1, 0.15) is 41.7 Å². The highest BCUT2D eigenvalue weighted by Gasteiger charge is 2.23. The largest absolute Gasteiger partial charge is 0.493 e. The predicted octanol–water partition coefficient (Wildman–Crippen LogP) is 12.6. The molecule has 0 aliphatic carbocycles. The van der Waals surface area contributed by atoms with Crippen molar-refractivity contribution >= 4 is 21.2 Å². The van der Waals surface area contributed by atoms with E-state index in [1.54, 1.807) is 60.7 Å². The summed E-state index contributed by atoms with van der Waals surface area (Å²) in [6.45, 7) is 4.99. The lowest BCUT2D eigenvalue weighted by Gasteiger charge is -2.26. The van der Waals surface area contributed by atoms with Crippen LogP contribution >= 0.6 is 0 Å². The molecule has 8 nitrogen and oxygen atoms in total. The zero-order chi connectivity index (χ0) is 43.8. The van der Waals surface area contributed by atoms with Gasteiger partial charge in [0.1, 0.15) is 40.2 Å². The summed E-state index contributed by atoms with van der Waals surface area (Å²) in [5, 5.41) is 0. The van der Waals surface area contributed by atoms with Gasteiger partial charge in [0.05, 0.1) is 16.4 Å². The van der Waals surface area contributed by atoms with Crippen LogP contribution in [0.4, 0.5) is 11.4 Å². The van der Waals surface area contributed by atoms with Gasteiger partial charge >= 0.3 is 0 Å². The Morgan fingerprint density at radius 3 is 1.10 bits per heavy atom. The zero-order valence-electron chi connectivity index (χ0n) is 35.1. The summed E-state index contributed by atoms with van der Waals surface area (Å²) in [6, 6.07) is 60.2. The minimum atomic E-state index is -3.75. The lowest BCUT2D eigenvalue weighted by Crippen LogP contribution is -2.18. The Hall–Kier alpha value is -7.49. The van der Waals surface area contributed by atoms with E-state index in [2.05, 4.69) is 74.5 Å². The van der Waals surface area contributed by atoms with Crippen molar-refractivity contribution in [2.75, 3.05) is 18.1 Å². The maximum absolute atomic E-state index is 13.4. The number of sulfone groups is 1. The SMILES string of the molecule is CC(C)(c1ccc(CCOc2ccc(Cc3ccc(Oc4ccc(N)cc4)cc3)cc2)cc1)c1ccc(Oc2ccc(S(=O)(=O)c3ccc(Oc4ccc(N)cc4)cc3)cc2)cc1. The fourth-order valence-electron chi connectivity index (χ4n) is 7.09. The molecule has 0 spiro atoms. The maximum Gasteiger partial charge on any atom is 0.206 e. The molecule has 0 aliphatic rings. The first-order chi connectivity index (χ1) is 30.5. The average Bonchev–Trinajstić information content (AvgIpc) is 3.30. The molecular weight excluding hydrogens is 805 g/mol. The molecule has 0 saturated heterocycles. The Bertz CT molecular complexity index is 2850. The lowest BCUT2D eigenvalue weighted by atomic mass is 9.78. The van der Waals surface area contributed by atoms with E-state index in [0.717, 1.165) is 35.7 Å². The Kier molecular flexibility index (Phi) is 12.5. The van der Waals surface area contributed by atoms with Crippen molar-refractivity contribution in [3.05, 3.63) is 222 Å². The summed E-state index contributed by atoms with van der Waals surface area (Å²) in [6.07, 6.45) is 1.61. The summed E-state index contributed by atoms with van der Waals surface area (Å²) < 4.78 is 50.7. The summed E-state index contributed by atoms with van der Waals surface area (Å²) in [4.78, 5) is 0.333. The minimum Gasteiger partial charge on any atom is -0.493 e. The number of hydrogen-bond acceptors (Lipinski definition) is 8. The molecule has 8 aromatic rings. The third-order valence-electron chi connectivity index (χ3n) is 10.9. The number of benzene rings is 8. The molecule has 0 amide bonds. The molecular formula is C54H48N2O6S. The van der Waals surface area contributed by atoms with Gasteiger partial charge in [-0.05, 0) is 168 Å². The molecule has 0 unspecified atom stereocenters. The van der Waals surface area contributed by atoms with Gasteiger partial charge in [0.2, 0.25) is 9.84 Å². The maximum atomic E-state index is 13.4. The van der Waals surface area contributed by atoms with E-state index in [1.807, 2.05) is 60.7 Å². The predicted molar refractivity (Wildman–Crippen MR) is 250 cm³/mol. The molecule has 0 fully saturated rings. The van der Waals surface area contributed by atoms with Gasteiger partial charge in [-0.15, -0.1) is 0 Å². The van der Waals surface area contributed by atoms with Crippen LogP contribution in [0.5, 0.6) is 40.2 Å². The molecule has 0 aliphatic heterocycles. The molecule has 9 heteroatoms. The molecule has 8 aromatic carbocycles. The zero-order valence-corrected chi connectivity index (χ0v) is 35.9. The quantitative estimate of drug-likeness (QED) is 0.0921. The third kappa shape index (κ3) is 10.7. The number of nitrogens with two attached hydrogens (primary N) is 2. The van der Waals surface area contributed by atoms with Gasteiger partial charge in [-0.3, -0.25) is 0 Å². The van der Waals surface area contributed by atoms with Crippen molar-refractivity contribution in [3.8, 4) is 40.2 Å². The Morgan fingerprint density at radius 1 is 0.397 bits per heavy atom. The van der Waals surface area contributed by atoms with E-state index < -0.39 is 9.84 Å². The number of ether oxygens (including phenoxy) is 4. The van der Waals surface area contributed by atoms with Gasteiger partial charge in [-0.1, -0.05) is 74.5 Å². The molecule has 0 heterocycles. The third-order valence-corrected chi connectivity index (χ3v) is 12.7. The van der Waals surface area contributed by atoms with Gasteiger partial charge < -0.3 is 30.4 Å². The molecule has 0 saturated carbocycles. The number of hydrogen-bond donors (Lipinski definition) is 2. The monoisotopic (exact) mass is 852 g/mol. The normalized spacial score (nSPS) is 11.5. The standard InChI is InChI=1S/C54H48N2O6S/c1-54(2,41-9-3-38(4-10-41)35-36-59-45-17-5-39(6-18-45)37-40-7-19-46(20-8-40)60-48-23-13-43(55)14-24-48)42-11-21-47(22-12-42)61-50-27-31-52(32-28-50)63(57,58)53-33-29-51(30-34-53)62-49-25-15-44(56)16-26-49/h3-34H,35-37,55-56H2,1-2H3. The average molecular weight is 853 g/mol. The first-order valence-corrected chi connectivity index (χ1v) is 22.2. The Balaban J connectivity index is 0.793. The highest BCUT2D eigenvalue weighted by molar-refractivity contribution is 7.91. The molecule has 8 rings (SSSR count). The van der Waals surface area contributed by atoms with E-state index in [9.17, 15) is 8.42 Å². The van der Waals surface area contributed by atoms with Crippen LogP contribution in [0.3, 0.4) is 0 Å². The van der Waals surface area contributed by atoms with Crippen LogP contribution in [-0.4, -0.2) is 15.0 Å². The van der Waals surface area contributed by atoms with Gasteiger partial charge in [0.25, 0.3) is 0 Å². The van der Waals surface area contributed by atoms with Crippen molar-refractivity contribution < 1.29 is 27.4 Å². The van der Waals surface area contributed by atoms with Gasteiger partial charge in [-0.25, -0.2) is 8.42 Å². The summed E-state index contributed by atoms with van der Waals surface area (Å²) in [7, 11) is -3.75.